The van der Waals surface area contributed by atoms with Crippen LogP contribution in [0.3, 0.4) is 0 Å². The standard InChI is InChI=1S/C23H24O3S/c1-16-11-13-18(14-12-16)27(25)15-21(24)20-9-6-10-22(26-3)23(20)19-8-5-4-7-17(19)2/h4-14,21,24H,15H2,1-3H3/t21-,27?/m0/s1. The van der Waals surface area contributed by atoms with Crippen LogP contribution in [-0.4, -0.2) is 22.2 Å². The molecule has 0 heterocycles. The number of hydrogen-bond donors (Lipinski definition) is 1. The summed E-state index contributed by atoms with van der Waals surface area (Å²) >= 11 is 0. The second-order valence-electron chi connectivity index (χ2n) is 6.58. The van der Waals surface area contributed by atoms with E-state index in [4.69, 9.17) is 4.74 Å². The third-order valence-electron chi connectivity index (χ3n) is 4.64. The van der Waals surface area contributed by atoms with Crippen LogP contribution in [-0.2, 0) is 10.8 Å². The van der Waals surface area contributed by atoms with Crippen molar-refractivity contribution in [3.8, 4) is 16.9 Å². The molecule has 27 heavy (non-hydrogen) atoms. The molecule has 0 radical (unpaired) electrons. The number of benzene rings is 3. The highest BCUT2D eigenvalue weighted by Gasteiger charge is 2.21. The van der Waals surface area contributed by atoms with Gasteiger partial charge in [-0.05, 0) is 48.7 Å². The first-order valence-corrected chi connectivity index (χ1v) is 10.2. The molecule has 0 bridgehead atoms. The Balaban J connectivity index is 1.97. The van der Waals surface area contributed by atoms with Crippen molar-refractivity contribution in [1.29, 1.82) is 0 Å². The maximum atomic E-state index is 12.7. The molecular formula is C23H24O3S. The quantitative estimate of drug-likeness (QED) is 0.667. The zero-order chi connectivity index (χ0) is 19.4. The molecule has 0 fully saturated rings. The minimum Gasteiger partial charge on any atom is -0.496 e. The Hall–Kier alpha value is -2.43. The molecule has 140 valence electrons. The lowest BCUT2D eigenvalue weighted by atomic mass is 9.93. The fraction of sp³-hybridized carbons (Fsp3) is 0.217. The van der Waals surface area contributed by atoms with E-state index in [0.29, 0.717) is 5.75 Å². The molecule has 1 unspecified atom stereocenters. The second-order valence-corrected chi connectivity index (χ2v) is 8.08. The molecule has 0 spiro atoms. The number of rotatable bonds is 6. The molecule has 4 heteroatoms. The van der Waals surface area contributed by atoms with Crippen molar-refractivity contribution >= 4 is 10.8 Å². The van der Waals surface area contributed by atoms with Gasteiger partial charge in [-0.1, -0.05) is 54.1 Å². The van der Waals surface area contributed by atoms with E-state index in [1.807, 2.05) is 80.6 Å². The lowest BCUT2D eigenvalue weighted by molar-refractivity contribution is 0.203. The summed E-state index contributed by atoms with van der Waals surface area (Å²) in [4.78, 5) is 0.722. The molecular weight excluding hydrogens is 356 g/mol. The first kappa shape index (κ1) is 19.3. The molecule has 1 N–H and O–H groups in total. The van der Waals surface area contributed by atoms with Gasteiger partial charge in [0.15, 0.2) is 0 Å². The molecule has 0 saturated carbocycles. The highest BCUT2D eigenvalue weighted by Crippen LogP contribution is 2.38. The first-order chi connectivity index (χ1) is 13.0. The van der Waals surface area contributed by atoms with Gasteiger partial charge in [-0.15, -0.1) is 0 Å². The topological polar surface area (TPSA) is 46.5 Å². The van der Waals surface area contributed by atoms with Crippen LogP contribution >= 0.6 is 0 Å². The molecule has 0 aliphatic carbocycles. The van der Waals surface area contributed by atoms with Gasteiger partial charge >= 0.3 is 0 Å². The summed E-state index contributed by atoms with van der Waals surface area (Å²) in [6.07, 6.45) is -0.864. The highest BCUT2D eigenvalue weighted by atomic mass is 32.2. The zero-order valence-corrected chi connectivity index (χ0v) is 16.6. The van der Waals surface area contributed by atoms with Crippen LogP contribution in [0.4, 0.5) is 0 Å². The number of aliphatic hydroxyl groups is 1. The van der Waals surface area contributed by atoms with E-state index in [0.717, 1.165) is 32.7 Å². The van der Waals surface area contributed by atoms with Crippen LogP contribution in [0.15, 0.2) is 71.6 Å². The summed E-state index contributed by atoms with van der Waals surface area (Å²) < 4.78 is 18.3. The number of ether oxygens (including phenoxy) is 1. The summed E-state index contributed by atoms with van der Waals surface area (Å²) in [6.45, 7) is 4.02. The number of methoxy groups -OCH3 is 1. The average Bonchev–Trinajstić information content (AvgIpc) is 2.68. The fourth-order valence-corrected chi connectivity index (χ4v) is 4.26. The van der Waals surface area contributed by atoms with Gasteiger partial charge in [0.1, 0.15) is 5.75 Å². The Morgan fingerprint density at radius 2 is 1.67 bits per heavy atom. The smallest absolute Gasteiger partial charge is 0.127 e. The van der Waals surface area contributed by atoms with Crippen molar-refractivity contribution in [2.75, 3.05) is 12.9 Å². The Labute approximate surface area is 163 Å². The van der Waals surface area contributed by atoms with Gasteiger partial charge in [-0.3, -0.25) is 4.21 Å². The molecule has 0 amide bonds. The molecule has 0 aliphatic heterocycles. The largest absolute Gasteiger partial charge is 0.496 e. The van der Waals surface area contributed by atoms with Gasteiger partial charge in [0.2, 0.25) is 0 Å². The van der Waals surface area contributed by atoms with E-state index in [1.165, 1.54) is 0 Å². The molecule has 2 atom stereocenters. The minimum atomic E-state index is -1.29. The van der Waals surface area contributed by atoms with E-state index < -0.39 is 16.9 Å². The Morgan fingerprint density at radius 3 is 2.33 bits per heavy atom. The van der Waals surface area contributed by atoms with Gasteiger partial charge < -0.3 is 9.84 Å². The summed E-state index contributed by atoms with van der Waals surface area (Å²) in [5, 5.41) is 10.9. The van der Waals surface area contributed by atoms with Crippen molar-refractivity contribution < 1.29 is 14.1 Å². The van der Waals surface area contributed by atoms with Gasteiger partial charge in [-0.25, -0.2) is 0 Å². The summed E-state index contributed by atoms with van der Waals surface area (Å²) in [5.74, 6) is 0.830. The molecule has 3 rings (SSSR count). The van der Waals surface area contributed by atoms with E-state index in [-0.39, 0.29) is 5.75 Å². The normalized spacial score (nSPS) is 13.2. The van der Waals surface area contributed by atoms with Crippen LogP contribution in [0.25, 0.3) is 11.1 Å². The van der Waals surface area contributed by atoms with E-state index in [9.17, 15) is 9.32 Å². The van der Waals surface area contributed by atoms with Crippen LogP contribution in [0.2, 0.25) is 0 Å². The Bertz CT molecular complexity index is 948. The highest BCUT2D eigenvalue weighted by molar-refractivity contribution is 7.85. The second kappa shape index (κ2) is 8.51. The van der Waals surface area contributed by atoms with Crippen molar-refractivity contribution in [3.05, 3.63) is 83.4 Å². The molecule has 3 nitrogen and oxygen atoms in total. The molecule has 3 aromatic rings. The molecule has 0 aromatic heterocycles. The Morgan fingerprint density at radius 1 is 0.963 bits per heavy atom. The summed E-state index contributed by atoms with van der Waals surface area (Å²) in [5.41, 5.74) is 4.79. The van der Waals surface area contributed by atoms with Crippen LogP contribution in [0, 0.1) is 13.8 Å². The van der Waals surface area contributed by atoms with Gasteiger partial charge in [0.05, 0.1) is 29.8 Å². The third kappa shape index (κ3) is 4.29. The van der Waals surface area contributed by atoms with E-state index in [1.54, 1.807) is 7.11 Å². The van der Waals surface area contributed by atoms with Gasteiger partial charge in [0.25, 0.3) is 0 Å². The average molecular weight is 381 g/mol. The third-order valence-corrected chi connectivity index (χ3v) is 6.06. The monoisotopic (exact) mass is 380 g/mol. The predicted molar refractivity (Wildman–Crippen MR) is 111 cm³/mol. The maximum absolute atomic E-state index is 12.7. The van der Waals surface area contributed by atoms with Gasteiger partial charge in [0, 0.05) is 10.5 Å². The number of hydrogen-bond acceptors (Lipinski definition) is 3. The molecule has 3 aromatic carbocycles. The maximum Gasteiger partial charge on any atom is 0.127 e. The summed E-state index contributed by atoms with van der Waals surface area (Å²) in [6, 6.07) is 21.2. The predicted octanol–water partition coefficient (Wildman–Crippen LogP) is 4.82. The van der Waals surface area contributed by atoms with Crippen molar-refractivity contribution in [1.82, 2.24) is 0 Å². The number of aliphatic hydroxyl groups excluding tert-OH is 1. The fourth-order valence-electron chi connectivity index (χ4n) is 3.16. The lowest BCUT2D eigenvalue weighted by Gasteiger charge is -2.19. The van der Waals surface area contributed by atoms with Crippen LogP contribution in [0.5, 0.6) is 5.75 Å². The van der Waals surface area contributed by atoms with Crippen LogP contribution < -0.4 is 4.74 Å². The van der Waals surface area contributed by atoms with Crippen molar-refractivity contribution in [2.24, 2.45) is 0 Å². The first-order valence-electron chi connectivity index (χ1n) is 8.87. The van der Waals surface area contributed by atoms with E-state index in [2.05, 4.69) is 0 Å². The summed E-state index contributed by atoms with van der Waals surface area (Å²) in [7, 11) is 0.331. The van der Waals surface area contributed by atoms with E-state index >= 15 is 0 Å². The molecule has 0 aliphatic rings. The van der Waals surface area contributed by atoms with Gasteiger partial charge in [-0.2, -0.15) is 0 Å². The lowest BCUT2D eigenvalue weighted by Crippen LogP contribution is -2.11. The zero-order valence-electron chi connectivity index (χ0n) is 15.8. The number of aryl methyl sites for hydroxylation is 2. The van der Waals surface area contributed by atoms with Crippen molar-refractivity contribution in [3.63, 3.8) is 0 Å². The van der Waals surface area contributed by atoms with Crippen LogP contribution in [0.1, 0.15) is 22.8 Å². The molecule has 0 saturated heterocycles. The Kier molecular flexibility index (Phi) is 6.09. The minimum absolute atomic E-state index is 0.134. The van der Waals surface area contributed by atoms with Crippen molar-refractivity contribution in [2.45, 2.75) is 24.8 Å². The SMILES string of the molecule is COc1cccc([C@@H](O)CS(=O)c2ccc(C)cc2)c1-c1ccccc1C.